The van der Waals surface area contributed by atoms with Crippen LogP contribution in [0.4, 0.5) is 0 Å². The smallest absolute Gasteiger partial charge is 0.0902 e. The minimum absolute atomic E-state index is 0.113. The van der Waals surface area contributed by atoms with Crippen molar-refractivity contribution in [3.63, 3.8) is 0 Å². The third-order valence-corrected chi connectivity index (χ3v) is 3.56. The molecule has 0 atom stereocenters. The highest BCUT2D eigenvalue weighted by atomic mass is 16.5. The van der Waals surface area contributed by atoms with Crippen LogP contribution < -0.4 is 10.6 Å². The Labute approximate surface area is 86.6 Å². The van der Waals surface area contributed by atoms with E-state index in [0.29, 0.717) is 5.54 Å². The predicted molar refractivity (Wildman–Crippen MR) is 57.5 cm³/mol. The van der Waals surface area contributed by atoms with Gasteiger partial charge in [0.2, 0.25) is 0 Å². The van der Waals surface area contributed by atoms with Gasteiger partial charge in [-0.1, -0.05) is 0 Å². The summed E-state index contributed by atoms with van der Waals surface area (Å²) in [6, 6.07) is 0. The lowest BCUT2D eigenvalue weighted by Crippen LogP contribution is -2.59. The van der Waals surface area contributed by atoms with Crippen LogP contribution in [0.15, 0.2) is 0 Å². The SMILES string of the molecule is CC1(NCCOC2(C)CNC2)CCC1. The van der Waals surface area contributed by atoms with Gasteiger partial charge >= 0.3 is 0 Å². The first kappa shape index (κ1) is 10.4. The molecule has 2 N–H and O–H groups in total. The van der Waals surface area contributed by atoms with Gasteiger partial charge in [-0.25, -0.2) is 0 Å². The summed E-state index contributed by atoms with van der Waals surface area (Å²) >= 11 is 0. The second kappa shape index (κ2) is 3.80. The normalized spacial score (nSPS) is 27.9. The fourth-order valence-corrected chi connectivity index (χ4v) is 2.11. The van der Waals surface area contributed by atoms with Crippen molar-refractivity contribution in [3.05, 3.63) is 0 Å². The van der Waals surface area contributed by atoms with Crippen molar-refractivity contribution in [2.45, 2.75) is 44.2 Å². The Morgan fingerprint density at radius 2 is 2.00 bits per heavy atom. The van der Waals surface area contributed by atoms with Crippen LogP contribution in [0.5, 0.6) is 0 Å². The summed E-state index contributed by atoms with van der Waals surface area (Å²) in [6.07, 6.45) is 4.03. The fourth-order valence-electron chi connectivity index (χ4n) is 2.11. The minimum atomic E-state index is 0.113. The highest BCUT2D eigenvalue weighted by Crippen LogP contribution is 2.30. The second-order valence-corrected chi connectivity index (χ2v) is 5.24. The van der Waals surface area contributed by atoms with Gasteiger partial charge in [-0.3, -0.25) is 0 Å². The molecule has 0 amide bonds. The Morgan fingerprint density at radius 1 is 1.29 bits per heavy atom. The molecule has 14 heavy (non-hydrogen) atoms. The lowest BCUT2D eigenvalue weighted by molar-refractivity contribution is -0.0669. The van der Waals surface area contributed by atoms with Crippen molar-refractivity contribution >= 4 is 0 Å². The van der Waals surface area contributed by atoms with E-state index in [0.717, 1.165) is 26.2 Å². The lowest BCUT2D eigenvalue weighted by Gasteiger charge is -2.41. The summed E-state index contributed by atoms with van der Waals surface area (Å²) in [5.41, 5.74) is 0.532. The number of ether oxygens (including phenoxy) is 1. The number of rotatable bonds is 5. The average molecular weight is 198 g/mol. The Bertz CT molecular complexity index is 175. The molecule has 82 valence electrons. The molecule has 0 aromatic carbocycles. The topological polar surface area (TPSA) is 33.3 Å². The highest BCUT2D eigenvalue weighted by molar-refractivity contribution is 4.92. The van der Waals surface area contributed by atoms with Crippen molar-refractivity contribution in [1.29, 1.82) is 0 Å². The van der Waals surface area contributed by atoms with E-state index in [-0.39, 0.29) is 5.60 Å². The third kappa shape index (κ3) is 2.27. The molecule has 0 aromatic rings. The van der Waals surface area contributed by atoms with Crippen LogP contribution in [0.2, 0.25) is 0 Å². The van der Waals surface area contributed by atoms with Crippen LogP contribution in [0.3, 0.4) is 0 Å². The van der Waals surface area contributed by atoms with Gasteiger partial charge in [0, 0.05) is 25.2 Å². The Balaban J connectivity index is 1.55. The first-order chi connectivity index (χ1) is 6.62. The van der Waals surface area contributed by atoms with Crippen molar-refractivity contribution in [3.8, 4) is 0 Å². The molecule has 0 aromatic heterocycles. The molecule has 0 radical (unpaired) electrons. The van der Waals surface area contributed by atoms with Gasteiger partial charge in [-0.15, -0.1) is 0 Å². The second-order valence-electron chi connectivity index (χ2n) is 5.24. The molecular weight excluding hydrogens is 176 g/mol. The summed E-state index contributed by atoms with van der Waals surface area (Å²) in [7, 11) is 0. The van der Waals surface area contributed by atoms with E-state index >= 15 is 0 Å². The number of hydrogen-bond donors (Lipinski definition) is 2. The lowest BCUT2D eigenvalue weighted by atomic mass is 9.78. The standard InChI is InChI=1S/C11H22N2O/c1-10(4-3-5-10)13-6-7-14-11(2)8-12-9-11/h12-13H,3-9H2,1-2H3. The molecule has 0 bridgehead atoms. The Hall–Kier alpha value is -0.120. The maximum atomic E-state index is 5.80. The molecule has 2 rings (SSSR count). The molecule has 2 fully saturated rings. The molecule has 3 nitrogen and oxygen atoms in total. The predicted octanol–water partition coefficient (Wildman–Crippen LogP) is 0.897. The molecule has 2 aliphatic rings. The quantitative estimate of drug-likeness (QED) is 0.644. The van der Waals surface area contributed by atoms with Gasteiger partial charge in [-0.2, -0.15) is 0 Å². The Kier molecular flexibility index (Phi) is 2.82. The van der Waals surface area contributed by atoms with E-state index in [4.69, 9.17) is 4.74 Å². The largest absolute Gasteiger partial charge is 0.371 e. The molecule has 0 spiro atoms. The fraction of sp³-hybridized carbons (Fsp3) is 1.00. The first-order valence-corrected chi connectivity index (χ1v) is 5.72. The minimum Gasteiger partial charge on any atom is -0.371 e. The van der Waals surface area contributed by atoms with E-state index in [1.165, 1.54) is 19.3 Å². The molecule has 3 heteroatoms. The average Bonchev–Trinajstić information content (AvgIpc) is 2.06. The van der Waals surface area contributed by atoms with E-state index in [2.05, 4.69) is 24.5 Å². The van der Waals surface area contributed by atoms with Crippen molar-refractivity contribution in [2.24, 2.45) is 0 Å². The molecular formula is C11H22N2O. The van der Waals surface area contributed by atoms with Gasteiger partial charge < -0.3 is 15.4 Å². The van der Waals surface area contributed by atoms with Gasteiger partial charge in [0.1, 0.15) is 0 Å². The molecule has 1 aliphatic heterocycles. The first-order valence-electron chi connectivity index (χ1n) is 5.72. The van der Waals surface area contributed by atoms with Crippen LogP contribution >= 0.6 is 0 Å². The maximum absolute atomic E-state index is 5.80. The number of nitrogens with one attached hydrogen (secondary N) is 2. The van der Waals surface area contributed by atoms with Gasteiger partial charge in [0.25, 0.3) is 0 Å². The molecule has 1 aliphatic carbocycles. The number of hydrogen-bond acceptors (Lipinski definition) is 3. The van der Waals surface area contributed by atoms with Gasteiger partial charge in [0.15, 0.2) is 0 Å². The molecule has 1 saturated heterocycles. The zero-order valence-corrected chi connectivity index (χ0v) is 9.36. The van der Waals surface area contributed by atoms with E-state index in [1.807, 2.05) is 0 Å². The zero-order valence-electron chi connectivity index (χ0n) is 9.36. The van der Waals surface area contributed by atoms with Crippen LogP contribution in [0, 0.1) is 0 Å². The maximum Gasteiger partial charge on any atom is 0.0902 e. The van der Waals surface area contributed by atoms with Crippen LogP contribution in [-0.4, -0.2) is 37.4 Å². The monoisotopic (exact) mass is 198 g/mol. The van der Waals surface area contributed by atoms with Crippen LogP contribution in [0.1, 0.15) is 33.1 Å². The van der Waals surface area contributed by atoms with Crippen molar-refractivity contribution in [1.82, 2.24) is 10.6 Å². The molecule has 0 unspecified atom stereocenters. The third-order valence-electron chi connectivity index (χ3n) is 3.56. The highest BCUT2D eigenvalue weighted by Gasteiger charge is 2.33. The Morgan fingerprint density at radius 3 is 2.43 bits per heavy atom. The van der Waals surface area contributed by atoms with Crippen molar-refractivity contribution < 1.29 is 4.74 Å². The van der Waals surface area contributed by atoms with Gasteiger partial charge in [0.05, 0.1) is 12.2 Å². The van der Waals surface area contributed by atoms with E-state index in [9.17, 15) is 0 Å². The summed E-state index contributed by atoms with van der Waals surface area (Å²) in [5, 5.41) is 6.81. The van der Waals surface area contributed by atoms with Gasteiger partial charge in [-0.05, 0) is 33.1 Å². The summed E-state index contributed by atoms with van der Waals surface area (Å²) in [6.45, 7) is 8.33. The summed E-state index contributed by atoms with van der Waals surface area (Å²) in [5.74, 6) is 0. The summed E-state index contributed by atoms with van der Waals surface area (Å²) in [4.78, 5) is 0. The van der Waals surface area contributed by atoms with Crippen LogP contribution in [0.25, 0.3) is 0 Å². The van der Waals surface area contributed by atoms with E-state index in [1.54, 1.807) is 0 Å². The molecule has 1 heterocycles. The zero-order chi connectivity index (χ0) is 10.1. The summed E-state index contributed by atoms with van der Waals surface area (Å²) < 4.78 is 5.80. The molecule has 1 saturated carbocycles. The van der Waals surface area contributed by atoms with Crippen molar-refractivity contribution in [2.75, 3.05) is 26.2 Å². The van der Waals surface area contributed by atoms with Crippen LogP contribution in [-0.2, 0) is 4.74 Å². The van der Waals surface area contributed by atoms with E-state index < -0.39 is 0 Å².